The van der Waals surface area contributed by atoms with E-state index in [0.29, 0.717) is 6.04 Å². The van der Waals surface area contributed by atoms with Gasteiger partial charge in [-0.1, -0.05) is 31.2 Å². The summed E-state index contributed by atoms with van der Waals surface area (Å²) in [5, 5.41) is 0. The summed E-state index contributed by atoms with van der Waals surface area (Å²) in [4.78, 5) is 2.39. The summed E-state index contributed by atoms with van der Waals surface area (Å²) in [6.07, 6.45) is 8.87. The van der Waals surface area contributed by atoms with Gasteiger partial charge in [0.1, 0.15) is 0 Å². The molecule has 0 N–H and O–H groups in total. The highest BCUT2D eigenvalue weighted by molar-refractivity contribution is 5.71. The Kier molecular flexibility index (Phi) is 3.49. The smallest absolute Gasteiger partial charge is 0.0133 e. The molecule has 0 saturated heterocycles. The molecule has 0 heterocycles. The third-order valence-electron chi connectivity index (χ3n) is 4.89. The number of hydrogen-bond acceptors (Lipinski definition) is 1. The largest absolute Gasteiger partial charge is 0.306 e. The quantitative estimate of drug-likeness (QED) is 0.774. The van der Waals surface area contributed by atoms with Crippen LogP contribution in [0.4, 0.5) is 0 Å². The van der Waals surface area contributed by atoms with Gasteiger partial charge in [0.15, 0.2) is 0 Å². The predicted octanol–water partition coefficient (Wildman–Crippen LogP) is 3.92. The molecular formula is C18H25N. The summed E-state index contributed by atoms with van der Waals surface area (Å²) < 4.78 is 0. The molecule has 0 aliphatic heterocycles. The molecule has 1 aromatic rings. The number of fused-ring (bicyclic) bond motifs is 1. The maximum Gasteiger partial charge on any atom is 0.0133 e. The first-order valence-electron chi connectivity index (χ1n) is 7.63. The molecule has 1 heteroatoms. The van der Waals surface area contributed by atoms with E-state index in [4.69, 9.17) is 0 Å². The van der Waals surface area contributed by atoms with Crippen LogP contribution in [-0.2, 0) is 12.8 Å². The fourth-order valence-corrected chi connectivity index (χ4v) is 3.63. The van der Waals surface area contributed by atoms with Gasteiger partial charge < -0.3 is 4.90 Å². The fraction of sp³-hybridized carbons (Fsp3) is 0.556. The fourth-order valence-electron chi connectivity index (χ4n) is 3.63. The highest BCUT2D eigenvalue weighted by atomic mass is 15.1. The minimum absolute atomic E-state index is 0.716. The number of rotatable bonds is 2. The molecule has 0 saturated carbocycles. The summed E-state index contributed by atoms with van der Waals surface area (Å²) in [5.74, 6) is 0.763. The van der Waals surface area contributed by atoms with E-state index in [9.17, 15) is 0 Å². The first kappa shape index (κ1) is 12.9. The molecule has 0 aromatic heterocycles. The lowest BCUT2D eigenvalue weighted by atomic mass is 9.83. The van der Waals surface area contributed by atoms with E-state index in [1.165, 1.54) is 32.1 Å². The molecule has 0 bridgehead atoms. The van der Waals surface area contributed by atoms with Gasteiger partial charge in [-0.2, -0.15) is 0 Å². The van der Waals surface area contributed by atoms with Gasteiger partial charge >= 0.3 is 0 Å². The van der Waals surface area contributed by atoms with Gasteiger partial charge in [0, 0.05) is 6.04 Å². The standard InChI is InChI=1S/C18H25N/c1-13-7-8-15(11-13)17-6-4-5-14-9-10-16(19(2)3)12-18(14)17/h4-6,11,13,16H,7-10,12H2,1-3H3/t13?,16-/m1/s1. The number of hydrogen-bond donors (Lipinski definition) is 0. The van der Waals surface area contributed by atoms with E-state index in [1.54, 1.807) is 22.3 Å². The first-order chi connectivity index (χ1) is 9.15. The Labute approximate surface area is 117 Å². The van der Waals surface area contributed by atoms with Crippen LogP contribution in [0, 0.1) is 5.92 Å². The molecule has 0 amide bonds. The van der Waals surface area contributed by atoms with Gasteiger partial charge in [-0.3, -0.25) is 0 Å². The van der Waals surface area contributed by atoms with Crippen molar-refractivity contribution >= 4 is 5.57 Å². The second-order valence-electron chi connectivity index (χ2n) is 6.51. The van der Waals surface area contributed by atoms with Crippen LogP contribution in [0.15, 0.2) is 24.3 Å². The number of benzene rings is 1. The second-order valence-corrected chi connectivity index (χ2v) is 6.51. The summed E-state index contributed by atoms with van der Waals surface area (Å²) in [5.41, 5.74) is 6.38. The van der Waals surface area contributed by atoms with Crippen molar-refractivity contribution in [2.24, 2.45) is 5.92 Å². The monoisotopic (exact) mass is 255 g/mol. The minimum Gasteiger partial charge on any atom is -0.306 e. The number of likely N-dealkylation sites (N-methyl/N-ethyl adjacent to an activating group) is 1. The van der Waals surface area contributed by atoms with Crippen molar-refractivity contribution in [2.75, 3.05) is 14.1 Å². The average Bonchev–Trinajstić information content (AvgIpc) is 2.84. The van der Waals surface area contributed by atoms with Crippen LogP contribution in [0.5, 0.6) is 0 Å². The highest BCUT2D eigenvalue weighted by Crippen LogP contribution is 2.36. The molecule has 102 valence electrons. The third kappa shape index (κ3) is 2.49. The Morgan fingerprint density at radius 2 is 1.95 bits per heavy atom. The molecule has 0 spiro atoms. The average molecular weight is 255 g/mol. The minimum atomic E-state index is 0.716. The molecule has 1 aromatic carbocycles. The Hall–Kier alpha value is -1.08. The SMILES string of the molecule is CC1C=C(c2cccc3c2C[C@H](N(C)C)CC3)CC1. The maximum atomic E-state index is 2.49. The van der Waals surface area contributed by atoms with Crippen molar-refractivity contribution in [1.82, 2.24) is 4.90 Å². The summed E-state index contributed by atoms with van der Waals surface area (Å²) >= 11 is 0. The molecular weight excluding hydrogens is 230 g/mol. The van der Waals surface area contributed by atoms with E-state index in [2.05, 4.69) is 50.2 Å². The van der Waals surface area contributed by atoms with Crippen molar-refractivity contribution < 1.29 is 0 Å². The lowest BCUT2D eigenvalue weighted by molar-refractivity contribution is 0.268. The Balaban J connectivity index is 1.97. The Morgan fingerprint density at radius 1 is 1.11 bits per heavy atom. The molecule has 3 rings (SSSR count). The molecule has 19 heavy (non-hydrogen) atoms. The normalized spacial score (nSPS) is 26.4. The first-order valence-corrected chi connectivity index (χ1v) is 7.63. The van der Waals surface area contributed by atoms with Crippen molar-refractivity contribution in [3.8, 4) is 0 Å². The highest BCUT2D eigenvalue weighted by Gasteiger charge is 2.24. The van der Waals surface area contributed by atoms with E-state index < -0.39 is 0 Å². The lowest BCUT2D eigenvalue weighted by Crippen LogP contribution is -2.33. The van der Waals surface area contributed by atoms with Gasteiger partial charge in [0.05, 0.1) is 0 Å². The van der Waals surface area contributed by atoms with Crippen LogP contribution >= 0.6 is 0 Å². The van der Waals surface area contributed by atoms with E-state index in [-0.39, 0.29) is 0 Å². The zero-order chi connectivity index (χ0) is 13.4. The second kappa shape index (κ2) is 5.13. The molecule has 2 atom stereocenters. The van der Waals surface area contributed by atoms with Crippen molar-refractivity contribution in [1.29, 1.82) is 0 Å². The van der Waals surface area contributed by atoms with Crippen molar-refractivity contribution in [3.05, 3.63) is 41.0 Å². The Bertz CT molecular complexity index is 498. The molecule has 2 aliphatic carbocycles. The van der Waals surface area contributed by atoms with Crippen LogP contribution in [0.25, 0.3) is 5.57 Å². The number of aryl methyl sites for hydroxylation is 1. The maximum absolute atomic E-state index is 2.49. The van der Waals surface area contributed by atoms with Crippen molar-refractivity contribution in [2.45, 2.75) is 45.1 Å². The van der Waals surface area contributed by atoms with E-state index >= 15 is 0 Å². The van der Waals surface area contributed by atoms with Gasteiger partial charge in [-0.25, -0.2) is 0 Å². The van der Waals surface area contributed by atoms with E-state index in [0.717, 1.165) is 5.92 Å². The molecule has 0 fully saturated rings. The zero-order valence-corrected chi connectivity index (χ0v) is 12.4. The van der Waals surface area contributed by atoms with Crippen LogP contribution < -0.4 is 0 Å². The van der Waals surface area contributed by atoms with Crippen LogP contribution in [-0.4, -0.2) is 25.0 Å². The summed E-state index contributed by atoms with van der Waals surface area (Å²) in [6, 6.07) is 7.66. The van der Waals surface area contributed by atoms with Crippen LogP contribution in [0.3, 0.4) is 0 Å². The topological polar surface area (TPSA) is 3.24 Å². The molecule has 1 nitrogen and oxygen atoms in total. The van der Waals surface area contributed by atoms with Crippen LogP contribution in [0.2, 0.25) is 0 Å². The van der Waals surface area contributed by atoms with Gasteiger partial charge in [-0.05, 0) is 74.4 Å². The van der Waals surface area contributed by atoms with Gasteiger partial charge in [0.25, 0.3) is 0 Å². The predicted molar refractivity (Wildman–Crippen MR) is 82.3 cm³/mol. The van der Waals surface area contributed by atoms with Crippen molar-refractivity contribution in [3.63, 3.8) is 0 Å². The molecule has 0 radical (unpaired) electrons. The van der Waals surface area contributed by atoms with Gasteiger partial charge in [-0.15, -0.1) is 0 Å². The zero-order valence-electron chi connectivity index (χ0n) is 12.4. The lowest BCUT2D eigenvalue weighted by Gasteiger charge is -2.31. The Morgan fingerprint density at radius 3 is 2.63 bits per heavy atom. The number of nitrogens with zero attached hydrogens (tertiary/aromatic N) is 1. The number of allylic oxidation sites excluding steroid dienone is 2. The molecule has 1 unspecified atom stereocenters. The summed E-state index contributed by atoms with van der Waals surface area (Å²) in [6.45, 7) is 2.34. The van der Waals surface area contributed by atoms with E-state index in [1.807, 2.05) is 0 Å². The van der Waals surface area contributed by atoms with Crippen LogP contribution in [0.1, 0.15) is 42.9 Å². The summed E-state index contributed by atoms with van der Waals surface area (Å²) in [7, 11) is 4.43. The third-order valence-corrected chi connectivity index (χ3v) is 4.89. The van der Waals surface area contributed by atoms with Gasteiger partial charge in [0.2, 0.25) is 0 Å². The molecule has 2 aliphatic rings.